The quantitative estimate of drug-likeness (QED) is 0.560. The van der Waals surface area contributed by atoms with E-state index in [-0.39, 0.29) is 13.1 Å². The Labute approximate surface area is 150 Å². The van der Waals surface area contributed by atoms with Crippen molar-refractivity contribution in [2.24, 2.45) is 0 Å². The molecule has 0 heterocycles. The summed E-state index contributed by atoms with van der Waals surface area (Å²) in [5, 5.41) is 11.2. The number of nitrogens with zero attached hydrogens (tertiary/aromatic N) is 1. The lowest BCUT2D eigenvalue weighted by atomic mass is 10.2. The van der Waals surface area contributed by atoms with E-state index in [1.54, 1.807) is 20.8 Å². The number of hydrogen-bond acceptors (Lipinski definition) is 6. The van der Waals surface area contributed by atoms with Gasteiger partial charge in [0.05, 0.1) is 13.7 Å². The van der Waals surface area contributed by atoms with Gasteiger partial charge in [-0.05, 0) is 38.5 Å². The molecule has 0 aliphatic carbocycles. The molecule has 0 radical (unpaired) electrons. The fourth-order valence-corrected chi connectivity index (χ4v) is 2.07. The molecule has 0 aliphatic rings. The van der Waals surface area contributed by atoms with Gasteiger partial charge in [0.2, 0.25) is 0 Å². The number of ether oxygens (including phenoxy) is 2. The van der Waals surface area contributed by atoms with Crippen molar-refractivity contribution in [2.45, 2.75) is 39.0 Å². The molecule has 0 spiro atoms. The molecular weight excluding hydrogens is 380 g/mol. The Kier molecular flexibility index (Phi) is 7.65. The minimum atomic E-state index is -1.39. The van der Waals surface area contributed by atoms with Crippen molar-refractivity contribution >= 4 is 28.0 Å². The number of esters is 1. The second kappa shape index (κ2) is 9.00. The lowest BCUT2D eigenvalue weighted by molar-refractivity contribution is -0.152. The van der Waals surface area contributed by atoms with E-state index < -0.39 is 23.8 Å². The molecule has 0 bridgehead atoms. The van der Waals surface area contributed by atoms with Gasteiger partial charge in [-0.3, -0.25) is 5.43 Å². The number of hydrogen-bond donors (Lipinski definition) is 2. The smallest absolute Gasteiger partial charge is 0.422 e. The van der Waals surface area contributed by atoms with E-state index in [1.165, 1.54) is 12.1 Å². The molecule has 0 saturated carbocycles. The monoisotopic (exact) mass is 402 g/mol. The Morgan fingerprint density at radius 3 is 2.38 bits per heavy atom. The molecule has 0 aromatic heterocycles. The van der Waals surface area contributed by atoms with Gasteiger partial charge in [0.25, 0.3) is 0 Å². The van der Waals surface area contributed by atoms with Gasteiger partial charge in [0.1, 0.15) is 5.60 Å². The molecule has 134 valence electrons. The van der Waals surface area contributed by atoms with Crippen LogP contribution in [-0.4, -0.2) is 47.5 Å². The fraction of sp³-hybridized carbons (Fsp3) is 0.500. The summed E-state index contributed by atoms with van der Waals surface area (Å²) in [6, 6.07) is 7.44. The van der Waals surface area contributed by atoms with Crippen LogP contribution in [0.4, 0.5) is 4.79 Å². The maximum atomic E-state index is 12.0. The number of carbonyl (C=O) groups excluding carboxylic acids is 2. The van der Waals surface area contributed by atoms with Gasteiger partial charge in [-0.25, -0.2) is 14.6 Å². The Bertz CT molecular complexity index is 557. The minimum Gasteiger partial charge on any atom is -0.467 e. The second-order valence-electron chi connectivity index (χ2n) is 6.16. The molecule has 1 atom stereocenters. The van der Waals surface area contributed by atoms with Gasteiger partial charge in [0.15, 0.2) is 6.10 Å². The van der Waals surface area contributed by atoms with Gasteiger partial charge < -0.3 is 14.6 Å². The summed E-state index contributed by atoms with van der Waals surface area (Å²) in [5.74, 6) is -0.776. The Balaban J connectivity index is 2.79. The summed E-state index contributed by atoms with van der Waals surface area (Å²) < 4.78 is 10.6. The van der Waals surface area contributed by atoms with Crippen LogP contribution in [0, 0.1) is 0 Å². The van der Waals surface area contributed by atoms with Crippen LogP contribution in [0.2, 0.25) is 0 Å². The van der Waals surface area contributed by atoms with Gasteiger partial charge in [-0.1, -0.05) is 28.1 Å². The van der Waals surface area contributed by atoms with Gasteiger partial charge in [0, 0.05) is 11.0 Å². The number of aliphatic hydroxyl groups is 1. The van der Waals surface area contributed by atoms with E-state index in [9.17, 15) is 14.7 Å². The van der Waals surface area contributed by atoms with Crippen LogP contribution >= 0.6 is 15.9 Å². The molecule has 1 unspecified atom stereocenters. The predicted molar refractivity (Wildman–Crippen MR) is 91.9 cm³/mol. The summed E-state index contributed by atoms with van der Waals surface area (Å²) in [4.78, 5) is 23.4. The van der Waals surface area contributed by atoms with Crippen LogP contribution in [-0.2, 0) is 20.8 Å². The molecular formula is C16H23BrN2O5. The predicted octanol–water partition coefficient (Wildman–Crippen LogP) is 2.22. The molecule has 0 aliphatic heterocycles. The molecule has 0 saturated heterocycles. The lowest BCUT2D eigenvalue weighted by Gasteiger charge is -2.27. The van der Waals surface area contributed by atoms with E-state index in [4.69, 9.17) is 4.74 Å². The minimum absolute atomic E-state index is 0.137. The summed E-state index contributed by atoms with van der Waals surface area (Å²) in [6.45, 7) is 5.38. The van der Waals surface area contributed by atoms with Crippen LogP contribution in [0.1, 0.15) is 26.3 Å². The number of methoxy groups -OCH3 is 1. The molecule has 1 aromatic carbocycles. The van der Waals surface area contributed by atoms with E-state index in [0.717, 1.165) is 10.0 Å². The summed E-state index contributed by atoms with van der Waals surface area (Å²) >= 11 is 3.35. The summed E-state index contributed by atoms with van der Waals surface area (Å²) in [6.07, 6.45) is -2.06. The van der Waals surface area contributed by atoms with Crippen LogP contribution < -0.4 is 5.43 Å². The van der Waals surface area contributed by atoms with Crippen LogP contribution in [0.3, 0.4) is 0 Å². The number of hydrazine groups is 1. The van der Waals surface area contributed by atoms with Gasteiger partial charge in [-0.15, -0.1) is 0 Å². The maximum Gasteiger partial charge on any atom is 0.422 e. The third-order valence-electron chi connectivity index (χ3n) is 2.80. The van der Waals surface area contributed by atoms with Crippen molar-refractivity contribution in [3.63, 3.8) is 0 Å². The highest BCUT2D eigenvalue weighted by Gasteiger charge is 2.23. The molecule has 1 rings (SSSR count). The third-order valence-corrected chi connectivity index (χ3v) is 3.33. The van der Waals surface area contributed by atoms with Crippen molar-refractivity contribution in [1.82, 2.24) is 10.4 Å². The average molecular weight is 403 g/mol. The van der Waals surface area contributed by atoms with E-state index >= 15 is 0 Å². The number of carbonyl (C=O) groups is 2. The van der Waals surface area contributed by atoms with Crippen molar-refractivity contribution < 1.29 is 24.2 Å². The lowest BCUT2D eigenvalue weighted by Crippen LogP contribution is -2.48. The topological polar surface area (TPSA) is 88.1 Å². The Morgan fingerprint density at radius 1 is 1.29 bits per heavy atom. The maximum absolute atomic E-state index is 12.0. The highest BCUT2D eigenvalue weighted by atomic mass is 79.9. The molecule has 7 nitrogen and oxygen atoms in total. The largest absolute Gasteiger partial charge is 0.467 e. The van der Waals surface area contributed by atoms with E-state index in [0.29, 0.717) is 0 Å². The van der Waals surface area contributed by atoms with Crippen molar-refractivity contribution in [1.29, 1.82) is 0 Å². The first-order valence-electron chi connectivity index (χ1n) is 7.35. The van der Waals surface area contributed by atoms with Gasteiger partial charge in [-0.2, -0.15) is 0 Å². The first kappa shape index (κ1) is 20.4. The van der Waals surface area contributed by atoms with Crippen molar-refractivity contribution in [3.05, 3.63) is 34.3 Å². The van der Waals surface area contributed by atoms with Crippen LogP contribution in [0.5, 0.6) is 0 Å². The summed E-state index contributed by atoms with van der Waals surface area (Å²) in [7, 11) is 1.19. The number of halogens is 1. The molecule has 1 aromatic rings. The average Bonchev–Trinajstić information content (AvgIpc) is 2.46. The fourth-order valence-electron chi connectivity index (χ4n) is 1.81. The summed E-state index contributed by atoms with van der Waals surface area (Å²) in [5.41, 5.74) is 2.76. The Hall–Kier alpha value is -1.64. The molecule has 0 fully saturated rings. The Morgan fingerprint density at radius 2 is 1.88 bits per heavy atom. The SMILES string of the molecule is COC(=O)C(O)CN(Cc1ccc(Br)cc1)NC(=O)OC(C)(C)C. The molecule has 8 heteroatoms. The van der Waals surface area contributed by atoms with Crippen LogP contribution in [0.15, 0.2) is 28.7 Å². The van der Waals surface area contributed by atoms with E-state index in [2.05, 4.69) is 26.1 Å². The number of nitrogens with one attached hydrogen (secondary N) is 1. The van der Waals surface area contributed by atoms with E-state index in [1.807, 2.05) is 24.3 Å². The number of amides is 1. The molecule has 2 N–H and O–H groups in total. The zero-order valence-electron chi connectivity index (χ0n) is 14.2. The van der Waals surface area contributed by atoms with Gasteiger partial charge >= 0.3 is 12.1 Å². The second-order valence-corrected chi connectivity index (χ2v) is 7.08. The third kappa shape index (κ3) is 7.76. The zero-order valence-corrected chi connectivity index (χ0v) is 15.8. The normalized spacial score (nSPS) is 12.6. The van der Waals surface area contributed by atoms with Crippen molar-refractivity contribution in [3.8, 4) is 0 Å². The number of rotatable bonds is 6. The number of benzene rings is 1. The highest BCUT2D eigenvalue weighted by Crippen LogP contribution is 2.13. The highest BCUT2D eigenvalue weighted by molar-refractivity contribution is 9.10. The number of aliphatic hydroxyl groups excluding tert-OH is 1. The zero-order chi connectivity index (χ0) is 18.3. The van der Waals surface area contributed by atoms with Crippen molar-refractivity contribution in [2.75, 3.05) is 13.7 Å². The molecule has 1 amide bonds. The molecule has 24 heavy (non-hydrogen) atoms. The standard InChI is InChI=1S/C16H23BrN2O5/c1-16(2,3)24-15(22)18-19(10-13(20)14(21)23-4)9-11-5-7-12(17)8-6-11/h5-8,13,20H,9-10H2,1-4H3,(H,18,22). The van der Waals surface area contributed by atoms with Crippen LogP contribution in [0.25, 0.3) is 0 Å². The first-order chi connectivity index (χ1) is 11.1. The first-order valence-corrected chi connectivity index (χ1v) is 8.15.